The van der Waals surface area contributed by atoms with Gasteiger partial charge in [-0.2, -0.15) is 5.10 Å². The van der Waals surface area contributed by atoms with Crippen molar-refractivity contribution >= 4 is 22.8 Å². The van der Waals surface area contributed by atoms with Crippen LogP contribution in [0, 0.1) is 0 Å². The molecule has 0 aromatic carbocycles. The highest BCUT2D eigenvalue weighted by Gasteiger charge is 2.11. The van der Waals surface area contributed by atoms with Crippen LogP contribution in [0.3, 0.4) is 0 Å². The molecule has 0 amide bonds. The second-order valence-corrected chi connectivity index (χ2v) is 5.26. The van der Waals surface area contributed by atoms with E-state index in [1.807, 2.05) is 11.7 Å². The van der Waals surface area contributed by atoms with Gasteiger partial charge in [0.25, 0.3) is 0 Å². The van der Waals surface area contributed by atoms with E-state index in [1.165, 1.54) is 0 Å². The van der Waals surface area contributed by atoms with Crippen LogP contribution in [0.2, 0.25) is 0 Å². The number of aromatic nitrogens is 8. The molecular weight excluding hydrogens is 276 g/mol. The summed E-state index contributed by atoms with van der Waals surface area (Å²) in [6.45, 7) is 2.93. The minimum absolute atomic E-state index is 0.675. The van der Waals surface area contributed by atoms with Crippen molar-refractivity contribution in [1.29, 1.82) is 0 Å². The molecule has 3 rings (SSSR count). The molecule has 0 aliphatic heterocycles. The SMILES string of the molecule is CCCn1nnnc1CSc1ncnc2c1cnn2C. The van der Waals surface area contributed by atoms with Crippen molar-refractivity contribution in [2.45, 2.75) is 30.7 Å². The molecule has 3 heterocycles. The quantitative estimate of drug-likeness (QED) is 0.512. The molecule has 3 aromatic rings. The Labute approximate surface area is 119 Å². The van der Waals surface area contributed by atoms with E-state index in [-0.39, 0.29) is 0 Å². The molecule has 0 atom stereocenters. The monoisotopic (exact) mass is 290 g/mol. The third-order valence-electron chi connectivity index (χ3n) is 2.87. The number of tetrazole rings is 1. The maximum absolute atomic E-state index is 4.32. The summed E-state index contributed by atoms with van der Waals surface area (Å²) in [4.78, 5) is 8.54. The Kier molecular flexibility index (Phi) is 3.59. The minimum Gasteiger partial charge on any atom is -0.250 e. The fraction of sp³-hybridized carbons (Fsp3) is 0.455. The van der Waals surface area contributed by atoms with E-state index in [4.69, 9.17) is 0 Å². The Balaban J connectivity index is 1.81. The lowest BCUT2D eigenvalue weighted by Gasteiger charge is -2.03. The molecule has 0 saturated carbocycles. The Morgan fingerprint density at radius 2 is 2.20 bits per heavy atom. The van der Waals surface area contributed by atoms with Crippen molar-refractivity contribution in [3.8, 4) is 0 Å². The first-order valence-corrected chi connectivity index (χ1v) is 7.28. The first kappa shape index (κ1) is 13.0. The summed E-state index contributed by atoms with van der Waals surface area (Å²) in [6.07, 6.45) is 4.34. The highest BCUT2D eigenvalue weighted by molar-refractivity contribution is 7.98. The van der Waals surface area contributed by atoms with Gasteiger partial charge < -0.3 is 0 Å². The van der Waals surface area contributed by atoms with Crippen LogP contribution >= 0.6 is 11.8 Å². The molecule has 0 bridgehead atoms. The van der Waals surface area contributed by atoms with E-state index in [9.17, 15) is 0 Å². The van der Waals surface area contributed by atoms with Crippen molar-refractivity contribution in [3.63, 3.8) is 0 Å². The van der Waals surface area contributed by atoms with E-state index in [2.05, 4.69) is 37.5 Å². The van der Waals surface area contributed by atoms with Gasteiger partial charge in [-0.1, -0.05) is 18.7 Å². The molecule has 0 radical (unpaired) electrons. The topological polar surface area (TPSA) is 87.2 Å². The third-order valence-corrected chi connectivity index (χ3v) is 3.87. The van der Waals surface area contributed by atoms with E-state index in [0.29, 0.717) is 5.75 Å². The summed E-state index contributed by atoms with van der Waals surface area (Å²) in [5, 5.41) is 17.8. The summed E-state index contributed by atoms with van der Waals surface area (Å²) in [6, 6.07) is 0. The lowest BCUT2D eigenvalue weighted by molar-refractivity contribution is 0.564. The Bertz CT molecular complexity index is 718. The van der Waals surface area contributed by atoms with Gasteiger partial charge in [-0.15, -0.1) is 5.10 Å². The Morgan fingerprint density at radius 1 is 1.30 bits per heavy atom. The van der Waals surface area contributed by atoms with Crippen LogP contribution in [0.25, 0.3) is 11.0 Å². The van der Waals surface area contributed by atoms with E-state index >= 15 is 0 Å². The number of aryl methyl sites for hydroxylation is 2. The van der Waals surface area contributed by atoms with Crippen LogP contribution in [0.1, 0.15) is 19.2 Å². The van der Waals surface area contributed by atoms with Gasteiger partial charge in [-0.25, -0.2) is 14.6 Å². The largest absolute Gasteiger partial charge is 0.250 e. The lowest BCUT2D eigenvalue weighted by Crippen LogP contribution is -2.04. The van der Waals surface area contributed by atoms with Crippen molar-refractivity contribution < 1.29 is 0 Å². The highest BCUT2D eigenvalue weighted by Crippen LogP contribution is 2.26. The minimum atomic E-state index is 0.675. The van der Waals surface area contributed by atoms with Gasteiger partial charge in [0.2, 0.25) is 0 Å². The number of rotatable bonds is 5. The smallest absolute Gasteiger partial charge is 0.162 e. The first-order valence-electron chi connectivity index (χ1n) is 6.30. The van der Waals surface area contributed by atoms with Gasteiger partial charge in [0.15, 0.2) is 11.5 Å². The van der Waals surface area contributed by atoms with E-state index in [0.717, 1.165) is 34.8 Å². The molecular formula is C11H14N8S. The zero-order valence-corrected chi connectivity index (χ0v) is 12.1. The van der Waals surface area contributed by atoms with Crippen LogP contribution in [-0.2, 0) is 19.3 Å². The summed E-state index contributed by atoms with van der Waals surface area (Å²) in [5.41, 5.74) is 0.829. The van der Waals surface area contributed by atoms with Crippen molar-refractivity contribution in [2.24, 2.45) is 7.05 Å². The van der Waals surface area contributed by atoms with Crippen LogP contribution < -0.4 is 0 Å². The fourth-order valence-electron chi connectivity index (χ4n) is 1.90. The molecule has 8 nitrogen and oxygen atoms in total. The van der Waals surface area contributed by atoms with Gasteiger partial charge >= 0.3 is 0 Å². The average Bonchev–Trinajstić information content (AvgIpc) is 3.05. The number of hydrogen-bond acceptors (Lipinski definition) is 7. The highest BCUT2D eigenvalue weighted by atomic mass is 32.2. The van der Waals surface area contributed by atoms with Crippen LogP contribution in [0.4, 0.5) is 0 Å². The van der Waals surface area contributed by atoms with Gasteiger partial charge in [0.1, 0.15) is 11.4 Å². The maximum Gasteiger partial charge on any atom is 0.162 e. The predicted octanol–water partition coefficient (Wildman–Crippen LogP) is 1.05. The van der Waals surface area contributed by atoms with Crippen LogP contribution in [0.15, 0.2) is 17.6 Å². The van der Waals surface area contributed by atoms with Gasteiger partial charge in [0.05, 0.1) is 17.3 Å². The maximum atomic E-state index is 4.32. The predicted molar refractivity (Wildman–Crippen MR) is 74.0 cm³/mol. The molecule has 0 saturated heterocycles. The van der Waals surface area contributed by atoms with Gasteiger partial charge in [-0.3, -0.25) is 4.68 Å². The summed E-state index contributed by atoms with van der Waals surface area (Å²) in [5.74, 6) is 1.53. The summed E-state index contributed by atoms with van der Waals surface area (Å²) >= 11 is 1.59. The number of nitrogens with zero attached hydrogens (tertiary/aromatic N) is 8. The zero-order valence-electron chi connectivity index (χ0n) is 11.3. The van der Waals surface area contributed by atoms with E-state index < -0.39 is 0 Å². The molecule has 0 aliphatic rings. The fourth-order valence-corrected chi connectivity index (χ4v) is 2.79. The molecule has 0 unspecified atom stereocenters. The van der Waals surface area contributed by atoms with Crippen molar-refractivity contribution in [1.82, 2.24) is 40.0 Å². The van der Waals surface area contributed by atoms with Crippen molar-refractivity contribution in [3.05, 3.63) is 18.3 Å². The molecule has 0 spiro atoms. The second kappa shape index (κ2) is 5.53. The first-order chi connectivity index (χ1) is 9.79. The second-order valence-electron chi connectivity index (χ2n) is 4.29. The number of fused-ring (bicyclic) bond motifs is 1. The molecule has 0 aliphatic carbocycles. The normalized spacial score (nSPS) is 11.3. The summed E-state index contributed by atoms with van der Waals surface area (Å²) < 4.78 is 3.57. The summed E-state index contributed by atoms with van der Waals surface area (Å²) in [7, 11) is 1.87. The number of thioether (sulfide) groups is 1. The molecule has 0 N–H and O–H groups in total. The van der Waals surface area contributed by atoms with Crippen LogP contribution in [0.5, 0.6) is 0 Å². The molecule has 20 heavy (non-hydrogen) atoms. The standard InChI is InChI=1S/C11H14N8S/c1-3-4-19-9(15-16-17-19)6-20-11-8-5-14-18(2)10(8)12-7-13-11/h5,7H,3-4,6H2,1-2H3. The Morgan fingerprint density at radius 3 is 3.05 bits per heavy atom. The zero-order chi connectivity index (χ0) is 13.9. The van der Waals surface area contributed by atoms with Gasteiger partial charge in [-0.05, 0) is 16.8 Å². The lowest BCUT2D eigenvalue weighted by atomic mass is 10.4. The van der Waals surface area contributed by atoms with Crippen LogP contribution in [-0.4, -0.2) is 40.0 Å². The van der Waals surface area contributed by atoms with Crippen molar-refractivity contribution in [2.75, 3.05) is 0 Å². The third kappa shape index (κ3) is 2.36. The average molecular weight is 290 g/mol. The number of hydrogen-bond donors (Lipinski definition) is 0. The molecule has 0 fully saturated rings. The molecule has 104 valence electrons. The van der Waals surface area contributed by atoms with Gasteiger partial charge in [0, 0.05) is 13.6 Å². The molecule has 3 aromatic heterocycles. The molecule has 9 heteroatoms. The van der Waals surface area contributed by atoms with E-state index in [1.54, 1.807) is 29.0 Å². The Hall–Kier alpha value is -2.03.